The van der Waals surface area contributed by atoms with Gasteiger partial charge in [-0.3, -0.25) is 19.7 Å². The Morgan fingerprint density at radius 1 is 0.975 bits per heavy atom. The summed E-state index contributed by atoms with van der Waals surface area (Å²) in [6.45, 7) is 14.5. The second kappa shape index (κ2) is 8.44. The van der Waals surface area contributed by atoms with Crippen molar-refractivity contribution in [1.29, 1.82) is 5.26 Å². The highest BCUT2D eigenvalue weighted by molar-refractivity contribution is 5.97. The Bertz CT molecular complexity index is 1240. The van der Waals surface area contributed by atoms with E-state index in [1.54, 1.807) is 6.08 Å². The van der Waals surface area contributed by atoms with Gasteiger partial charge in [0.1, 0.15) is 5.92 Å². The van der Waals surface area contributed by atoms with Crippen LogP contribution >= 0.6 is 0 Å². The Morgan fingerprint density at radius 3 is 2.20 bits per heavy atom. The second-order valence-corrected chi connectivity index (χ2v) is 15.8. The van der Waals surface area contributed by atoms with Crippen molar-refractivity contribution in [1.82, 2.24) is 5.32 Å². The van der Waals surface area contributed by atoms with E-state index in [9.17, 15) is 32.8 Å². The van der Waals surface area contributed by atoms with Crippen LogP contribution in [0.15, 0.2) is 11.6 Å². The van der Waals surface area contributed by atoms with Gasteiger partial charge in [-0.1, -0.05) is 54.0 Å². The number of amides is 1. The molecule has 0 bridgehead atoms. The Morgan fingerprint density at radius 2 is 1.60 bits per heavy atom. The molecule has 1 unspecified atom stereocenters. The highest BCUT2D eigenvalue weighted by Gasteiger charge is 2.71. The average Bonchev–Trinajstić information content (AvgIpc) is 2.81. The second-order valence-electron chi connectivity index (χ2n) is 15.8. The summed E-state index contributed by atoms with van der Waals surface area (Å²) in [5.41, 5.74) is -2.67. The average molecular weight is 561 g/mol. The number of nitrogens with one attached hydrogen (secondary N) is 1. The van der Waals surface area contributed by atoms with Gasteiger partial charge in [-0.15, -0.1) is 0 Å². The number of ketones is 2. The molecule has 0 radical (unpaired) electrons. The van der Waals surface area contributed by atoms with Gasteiger partial charge in [0.2, 0.25) is 5.91 Å². The number of nitriles is 1. The van der Waals surface area contributed by atoms with Crippen molar-refractivity contribution in [2.45, 2.75) is 106 Å². The molecule has 8 atom stereocenters. The zero-order valence-electron chi connectivity index (χ0n) is 24.8. The van der Waals surface area contributed by atoms with Gasteiger partial charge >= 0.3 is 6.30 Å². The van der Waals surface area contributed by atoms with E-state index in [1.807, 2.05) is 13.8 Å². The molecule has 5 nitrogen and oxygen atoms in total. The number of hydrogen-bond acceptors (Lipinski definition) is 4. The van der Waals surface area contributed by atoms with Gasteiger partial charge in [-0.25, -0.2) is 0 Å². The van der Waals surface area contributed by atoms with Crippen LogP contribution in [0.1, 0.15) is 99.8 Å². The summed E-state index contributed by atoms with van der Waals surface area (Å²) in [5.74, 6) is -2.96. The van der Waals surface area contributed by atoms with Crippen molar-refractivity contribution < 1.29 is 27.6 Å². The molecule has 5 rings (SSSR count). The van der Waals surface area contributed by atoms with Gasteiger partial charge in [0.15, 0.2) is 11.6 Å². The number of fused-ring (bicyclic) bond motifs is 7. The van der Waals surface area contributed by atoms with Gasteiger partial charge in [-0.05, 0) is 90.9 Å². The van der Waals surface area contributed by atoms with E-state index in [2.05, 4.69) is 40.7 Å². The lowest BCUT2D eigenvalue weighted by molar-refractivity contribution is -0.197. The van der Waals surface area contributed by atoms with E-state index in [4.69, 9.17) is 0 Å². The fraction of sp³-hybridized carbons (Fsp3) is 0.812. The summed E-state index contributed by atoms with van der Waals surface area (Å²) in [6.07, 6.45) is 1.09. The van der Waals surface area contributed by atoms with E-state index < -0.39 is 57.0 Å². The number of alkyl halides is 3. The molecule has 0 aromatic heterocycles. The minimum Gasteiger partial charge on any atom is -0.298 e. The van der Waals surface area contributed by atoms with Crippen molar-refractivity contribution in [3.05, 3.63) is 11.6 Å². The zero-order valence-corrected chi connectivity index (χ0v) is 24.8. The van der Waals surface area contributed by atoms with Gasteiger partial charge in [-0.2, -0.15) is 18.4 Å². The van der Waals surface area contributed by atoms with Crippen LogP contribution in [0, 0.1) is 67.5 Å². The lowest BCUT2D eigenvalue weighted by Crippen LogP contribution is -2.67. The number of allylic oxidation sites excluding steroid dienone is 2. The van der Waals surface area contributed by atoms with Crippen LogP contribution in [0.5, 0.6) is 0 Å². The summed E-state index contributed by atoms with van der Waals surface area (Å²) < 4.78 is 40.3. The summed E-state index contributed by atoms with van der Waals surface area (Å²) in [5, 5.41) is 11.2. The molecule has 0 saturated heterocycles. The Hall–Kier alpha value is -2.17. The summed E-state index contributed by atoms with van der Waals surface area (Å²) in [6, 6.07) is 2.24. The highest BCUT2D eigenvalue weighted by Crippen LogP contribution is 2.75. The van der Waals surface area contributed by atoms with Crippen molar-refractivity contribution in [3.63, 3.8) is 0 Å². The van der Waals surface area contributed by atoms with E-state index >= 15 is 0 Å². The first-order valence-electron chi connectivity index (χ1n) is 14.8. The fourth-order valence-electron chi connectivity index (χ4n) is 10.8. The first kappa shape index (κ1) is 29.3. The third kappa shape index (κ3) is 3.74. The van der Waals surface area contributed by atoms with E-state index in [1.165, 1.54) is 5.32 Å². The number of halogens is 3. The predicted octanol–water partition coefficient (Wildman–Crippen LogP) is 6.92. The Kier molecular flexibility index (Phi) is 6.19. The fourth-order valence-corrected chi connectivity index (χ4v) is 10.8. The number of nitrogens with zero attached hydrogens (tertiary/aromatic N) is 1. The molecule has 5 aliphatic rings. The molecule has 1 amide bonds. The predicted molar refractivity (Wildman–Crippen MR) is 143 cm³/mol. The third-order valence-electron chi connectivity index (χ3n) is 13.0. The molecular formula is C32H43F3N2O3. The highest BCUT2D eigenvalue weighted by atomic mass is 19.4. The number of carbonyl (C=O) groups excluding carboxylic acids is 3. The molecule has 0 spiro atoms. The van der Waals surface area contributed by atoms with Crippen molar-refractivity contribution in [2.75, 3.05) is 0 Å². The van der Waals surface area contributed by atoms with Crippen LogP contribution in [0.2, 0.25) is 0 Å². The van der Waals surface area contributed by atoms with Crippen LogP contribution in [0.4, 0.5) is 13.2 Å². The summed E-state index contributed by atoms with van der Waals surface area (Å²) >= 11 is 0. The Labute approximate surface area is 235 Å². The maximum absolute atomic E-state index is 14.4. The van der Waals surface area contributed by atoms with Gasteiger partial charge in [0, 0.05) is 11.3 Å². The monoisotopic (exact) mass is 560 g/mol. The molecule has 40 heavy (non-hydrogen) atoms. The normalized spacial score (nSPS) is 45.6. The molecule has 1 N–H and O–H groups in total. The standard InChI is InChI=1S/C32H43F3N2O3/c1-26(2)10-12-31(25(40)37-32(33,34)35)13-11-30(7)23(19(31)16-26)20(38)14-22-28(5)15-18(17-36)24(39)27(3,4)21(28)8-9-29(22,30)6/h14,18-19,21,23H,8-13,15-16H2,1-7H3,(H,37,40)/t18?,19-,21-,23-,28-,29+,30+,31-/m0/s1. The van der Waals surface area contributed by atoms with Gasteiger partial charge in [0.25, 0.3) is 0 Å². The molecule has 4 saturated carbocycles. The first-order chi connectivity index (χ1) is 18.2. The van der Waals surface area contributed by atoms with Crippen LogP contribution in [0.3, 0.4) is 0 Å². The first-order valence-corrected chi connectivity index (χ1v) is 14.8. The van der Waals surface area contributed by atoms with Gasteiger partial charge in [0.05, 0.1) is 11.5 Å². The maximum Gasteiger partial charge on any atom is 0.484 e. The number of carbonyl (C=O) groups is 3. The molecule has 0 aromatic carbocycles. The molecule has 5 aliphatic carbocycles. The smallest absolute Gasteiger partial charge is 0.298 e. The molecule has 0 aromatic rings. The summed E-state index contributed by atoms with van der Waals surface area (Å²) in [7, 11) is 0. The Balaban J connectivity index is 1.65. The molecule has 220 valence electrons. The van der Waals surface area contributed by atoms with Crippen molar-refractivity contribution in [2.24, 2.45) is 56.2 Å². The lowest BCUT2D eigenvalue weighted by Gasteiger charge is -2.69. The SMILES string of the molecule is CC1(C)CC[C@]2(C(=O)NC(F)(F)F)CC[C@]3(C)[C@H](C(=O)C=C4[C@@]5(C)CC(C#N)C(=O)C(C)(C)[C@@H]5CC[C@]43C)[C@@H]2C1. The van der Waals surface area contributed by atoms with E-state index in [-0.39, 0.29) is 22.9 Å². The quantitative estimate of drug-likeness (QED) is 0.353. The van der Waals surface area contributed by atoms with E-state index in [0.29, 0.717) is 38.5 Å². The van der Waals surface area contributed by atoms with Crippen LogP contribution in [0.25, 0.3) is 0 Å². The molecular weight excluding hydrogens is 517 g/mol. The molecule has 8 heteroatoms. The maximum atomic E-state index is 14.4. The minimum absolute atomic E-state index is 0.0155. The van der Waals surface area contributed by atoms with Crippen LogP contribution in [-0.4, -0.2) is 23.8 Å². The third-order valence-corrected chi connectivity index (χ3v) is 13.0. The zero-order chi connectivity index (χ0) is 29.9. The van der Waals surface area contributed by atoms with E-state index in [0.717, 1.165) is 18.4 Å². The van der Waals surface area contributed by atoms with Crippen molar-refractivity contribution in [3.8, 4) is 6.07 Å². The molecule has 0 aliphatic heterocycles. The number of rotatable bonds is 1. The number of hydrogen-bond donors (Lipinski definition) is 1. The van der Waals surface area contributed by atoms with Crippen LogP contribution in [-0.2, 0) is 14.4 Å². The number of Topliss-reactive ketones (excluding diaryl/α,β-unsaturated/α-hetero) is 1. The largest absolute Gasteiger partial charge is 0.484 e. The molecule has 4 fully saturated rings. The minimum atomic E-state index is -4.82. The molecule has 0 heterocycles. The van der Waals surface area contributed by atoms with Crippen molar-refractivity contribution >= 4 is 17.5 Å². The van der Waals surface area contributed by atoms with Crippen LogP contribution < -0.4 is 5.32 Å². The lowest BCUT2D eigenvalue weighted by atomic mass is 9.33. The topological polar surface area (TPSA) is 87.0 Å². The summed E-state index contributed by atoms with van der Waals surface area (Å²) in [4.78, 5) is 41.1. The van der Waals surface area contributed by atoms with Gasteiger partial charge < -0.3 is 0 Å².